The quantitative estimate of drug-likeness (QED) is 0.254. The van der Waals surface area contributed by atoms with Crippen LogP contribution in [0.2, 0.25) is 0 Å². The Labute approximate surface area is 219 Å². The van der Waals surface area contributed by atoms with Crippen LogP contribution in [0.1, 0.15) is 86.4 Å². The van der Waals surface area contributed by atoms with E-state index in [0.717, 1.165) is 41.5 Å². The van der Waals surface area contributed by atoms with E-state index in [-0.39, 0.29) is 29.1 Å². The molecular weight excluding hydrogens is 464 g/mol. The third kappa shape index (κ3) is 6.83. The number of aromatic nitrogens is 2. The van der Waals surface area contributed by atoms with Gasteiger partial charge in [0.2, 0.25) is 0 Å². The molecule has 3 heterocycles. The number of carbonyl (C=O) groups is 1. The lowest BCUT2D eigenvalue weighted by atomic mass is 9.82. The molecule has 0 saturated carbocycles. The molecule has 5 N–H and O–H groups in total. The summed E-state index contributed by atoms with van der Waals surface area (Å²) >= 11 is 0. The van der Waals surface area contributed by atoms with E-state index in [0.29, 0.717) is 34.7 Å². The van der Waals surface area contributed by atoms with Crippen LogP contribution in [0.25, 0.3) is 5.57 Å². The summed E-state index contributed by atoms with van der Waals surface area (Å²) in [6.07, 6.45) is 4.75. The van der Waals surface area contributed by atoms with Gasteiger partial charge < -0.3 is 26.3 Å². The van der Waals surface area contributed by atoms with Gasteiger partial charge in [-0.1, -0.05) is 25.2 Å². The maximum Gasteiger partial charge on any atom is 0.253 e. The van der Waals surface area contributed by atoms with Gasteiger partial charge in [-0.05, 0) is 77.7 Å². The van der Waals surface area contributed by atoms with E-state index < -0.39 is 0 Å². The van der Waals surface area contributed by atoms with Gasteiger partial charge in [0.25, 0.3) is 11.5 Å². The number of aryl methyl sites for hydroxylation is 2. The van der Waals surface area contributed by atoms with Crippen molar-refractivity contribution < 1.29 is 4.79 Å². The molecule has 0 aliphatic carbocycles. The fourth-order valence-electron chi connectivity index (χ4n) is 4.96. The van der Waals surface area contributed by atoms with Crippen LogP contribution >= 0.6 is 0 Å². The summed E-state index contributed by atoms with van der Waals surface area (Å²) in [6, 6.07) is 3.69. The zero-order valence-electron chi connectivity index (χ0n) is 23.1. The molecule has 0 saturated heterocycles. The SMILES string of the molecule is C=C(C)CNc1nc(C2=CC(C)(C)NC(C)(C)C2)cc(C(=O)NCc2c(C)cc(CC)[nH]c2=O)c1C=N. The van der Waals surface area contributed by atoms with Gasteiger partial charge in [-0.15, -0.1) is 0 Å². The molecule has 0 fully saturated rings. The van der Waals surface area contributed by atoms with E-state index in [1.807, 2.05) is 26.8 Å². The molecule has 0 aromatic carbocycles. The second kappa shape index (κ2) is 10.8. The van der Waals surface area contributed by atoms with Crippen LogP contribution in [0.5, 0.6) is 0 Å². The molecule has 1 aliphatic heterocycles. The molecule has 0 radical (unpaired) electrons. The highest BCUT2D eigenvalue weighted by Crippen LogP contribution is 2.34. The number of H-pyrrole nitrogens is 1. The lowest BCUT2D eigenvalue weighted by molar-refractivity contribution is 0.0950. The maximum atomic E-state index is 13.5. The molecule has 2 aromatic heterocycles. The summed E-state index contributed by atoms with van der Waals surface area (Å²) in [6.45, 7) is 18.8. The smallest absolute Gasteiger partial charge is 0.253 e. The van der Waals surface area contributed by atoms with Gasteiger partial charge in [0.05, 0.1) is 11.3 Å². The predicted molar refractivity (Wildman–Crippen MR) is 152 cm³/mol. The first kappa shape index (κ1) is 28.1. The Morgan fingerprint density at radius 2 is 1.97 bits per heavy atom. The molecule has 0 spiro atoms. The van der Waals surface area contributed by atoms with Gasteiger partial charge in [0.1, 0.15) is 5.82 Å². The fourth-order valence-corrected chi connectivity index (χ4v) is 4.96. The van der Waals surface area contributed by atoms with Crippen LogP contribution in [0, 0.1) is 12.3 Å². The van der Waals surface area contributed by atoms with Crippen LogP contribution < -0.4 is 21.5 Å². The Morgan fingerprint density at radius 1 is 1.27 bits per heavy atom. The average Bonchev–Trinajstić information content (AvgIpc) is 2.79. The van der Waals surface area contributed by atoms with Crippen molar-refractivity contribution in [3.05, 3.63) is 74.4 Å². The summed E-state index contributed by atoms with van der Waals surface area (Å²) in [5, 5.41) is 17.8. The minimum absolute atomic E-state index is 0.0836. The molecular formula is C29H40N6O2. The maximum absolute atomic E-state index is 13.5. The molecule has 8 heteroatoms. The Kier molecular flexibility index (Phi) is 8.22. The average molecular weight is 505 g/mol. The van der Waals surface area contributed by atoms with Crippen LogP contribution in [0.4, 0.5) is 5.82 Å². The lowest BCUT2D eigenvalue weighted by Crippen LogP contribution is -2.53. The minimum Gasteiger partial charge on any atom is -0.366 e. The number of rotatable bonds is 9. The molecule has 1 aliphatic rings. The molecule has 8 nitrogen and oxygen atoms in total. The van der Waals surface area contributed by atoms with E-state index in [2.05, 4.69) is 61.3 Å². The highest BCUT2D eigenvalue weighted by Gasteiger charge is 2.33. The normalized spacial score (nSPS) is 16.0. The van der Waals surface area contributed by atoms with Gasteiger partial charge in [0, 0.05) is 47.2 Å². The first-order valence-corrected chi connectivity index (χ1v) is 12.7. The summed E-state index contributed by atoms with van der Waals surface area (Å²) in [5.41, 5.74) is 4.93. The molecule has 198 valence electrons. The third-order valence-electron chi connectivity index (χ3n) is 6.38. The van der Waals surface area contributed by atoms with Crippen molar-refractivity contribution in [3.63, 3.8) is 0 Å². The number of nitrogens with zero attached hydrogens (tertiary/aromatic N) is 1. The largest absolute Gasteiger partial charge is 0.366 e. The van der Waals surface area contributed by atoms with Crippen molar-refractivity contribution in [2.75, 3.05) is 11.9 Å². The second-order valence-electron chi connectivity index (χ2n) is 11.2. The van der Waals surface area contributed by atoms with Crippen LogP contribution in [0.15, 0.2) is 35.2 Å². The number of amides is 1. The Hall–Kier alpha value is -3.52. The highest BCUT2D eigenvalue weighted by molar-refractivity contribution is 6.05. The van der Waals surface area contributed by atoms with Crippen molar-refractivity contribution in [2.45, 2.75) is 78.9 Å². The number of carbonyl (C=O) groups excluding carboxylic acids is 1. The first-order valence-electron chi connectivity index (χ1n) is 12.7. The summed E-state index contributed by atoms with van der Waals surface area (Å²) < 4.78 is 0. The Morgan fingerprint density at radius 3 is 2.54 bits per heavy atom. The van der Waals surface area contributed by atoms with Crippen molar-refractivity contribution >= 4 is 23.5 Å². The van der Waals surface area contributed by atoms with Gasteiger partial charge in [-0.3, -0.25) is 9.59 Å². The third-order valence-corrected chi connectivity index (χ3v) is 6.38. The number of pyridine rings is 2. The topological polar surface area (TPSA) is 123 Å². The standard InChI is InChI=1S/C29H40N6O2/c1-9-20-10-18(4)23(27(37)33-20)16-32-26(36)21-11-24(19-12-28(5,6)35-29(7,8)13-19)34-25(22(21)14-30)31-15-17(2)3/h10-12,14,30,35H,2,9,13,15-16H2,1,3-8H3,(H,31,34)(H,32,36)(H,33,37). The minimum atomic E-state index is -0.369. The van der Waals surface area contributed by atoms with Crippen molar-refractivity contribution in [1.29, 1.82) is 5.41 Å². The molecule has 0 unspecified atom stereocenters. The van der Waals surface area contributed by atoms with Gasteiger partial charge in [0.15, 0.2) is 0 Å². The van der Waals surface area contributed by atoms with E-state index in [1.54, 1.807) is 6.07 Å². The number of hydrogen-bond donors (Lipinski definition) is 5. The van der Waals surface area contributed by atoms with Gasteiger partial charge in [-0.2, -0.15) is 0 Å². The Bertz CT molecular complexity index is 1320. The number of nitrogens with one attached hydrogen (secondary N) is 5. The van der Waals surface area contributed by atoms with E-state index >= 15 is 0 Å². The molecule has 0 bridgehead atoms. The number of hydrogen-bond acceptors (Lipinski definition) is 6. The monoisotopic (exact) mass is 504 g/mol. The van der Waals surface area contributed by atoms with Gasteiger partial charge >= 0.3 is 0 Å². The zero-order valence-corrected chi connectivity index (χ0v) is 23.1. The van der Waals surface area contributed by atoms with Crippen molar-refractivity contribution in [3.8, 4) is 0 Å². The molecule has 2 aromatic rings. The fraction of sp³-hybridized carbons (Fsp3) is 0.448. The number of aromatic amines is 1. The predicted octanol–water partition coefficient (Wildman–Crippen LogP) is 4.49. The summed E-state index contributed by atoms with van der Waals surface area (Å²) in [4.78, 5) is 33.8. The van der Waals surface area contributed by atoms with Crippen LogP contribution in [-0.4, -0.2) is 39.7 Å². The molecule has 1 amide bonds. The van der Waals surface area contributed by atoms with Crippen LogP contribution in [0.3, 0.4) is 0 Å². The molecule has 37 heavy (non-hydrogen) atoms. The summed E-state index contributed by atoms with van der Waals surface area (Å²) in [7, 11) is 0. The van der Waals surface area contributed by atoms with E-state index in [1.165, 1.54) is 0 Å². The number of anilines is 1. The van der Waals surface area contributed by atoms with E-state index in [4.69, 9.17) is 10.4 Å². The second-order valence-corrected chi connectivity index (χ2v) is 11.2. The summed E-state index contributed by atoms with van der Waals surface area (Å²) in [5.74, 6) is 0.0870. The molecule has 3 rings (SSSR count). The lowest BCUT2D eigenvalue weighted by Gasteiger charge is -2.41. The Balaban J connectivity index is 2.05. The van der Waals surface area contributed by atoms with Crippen LogP contribution in [-0.2, 0) is 13.0 Å². The van der Waals surface area contributed by atoms with Crippen molar-refractivity contribution in [2.24, 2.45) is 0 Å². The molecule has 0 atom stereocenters. The zero-order chi connectivity index (χ0) is 27.5. The first-order chi connectivity index (χ1) is 17.2. The highest BCUT2D eigenvalue weighted by atomic mass is 16.1. The van der Waals surface area contributed by atoms with Crippen molar-refractivity contribution in [1.82, 2.24) is 20.6 Å². The van der Waals surface area contributed by atoms with Gasteiger partial charge in [-0.25, -0.2) is 4.98 Å². The van der Waals surface area contributed by atoms with E-state index in [9.17, 15) is 9.59 Å².